The van der Waals surface area contributed by atoms with Gasteiger partial charge in [0.15, 0.2) is 16.0 Å². The van der Waals surface area contributed by atoms with Crippen LogP contribution in [-0.4, -0.2) is 19.6 Å². The van der Waals surface area contributed by atoms with Gasteiger partial charge in [-0.15, -0.1) is 21.5 Å². The standard InChI is InChI=1S/C24H20N4S3/c1-3-8-16(9-4-1)14-29-23-25-22-20(18-12-7-13-19(18)31-22)21-26-27-24(28(21)23)30-15-17-10-5-2-6-11-17/h1-6,8-11H,7,12-15H2. The van der Waals surface area contributed by atoms with Gasteiger partial charge in [0, 0.05) is 16.4 Å². The lowest BCUT2D eigenvalue weighted by molar-refractivity contribution is 0.816. The highest BCUT2D eigenvalue weighted by Crippen LogP contribution is 2.40. The fraction of sp³-hybridized carbons (Fsp3) is 0.208. The summed E-state index contributed by atoms with van der Waals surface area (Å²) >= 11 is 5.34. The van der Waals surface area contributed by atoms with Crippen LogP contribution in [-0.2, 0) is 24.3 Å². The van der Waals surface area contributed by atoms with Crippen LogP contribution in [0.2, 0.25) is 0 Å². The molecule has 0 fully saturated rings. The van der Waals surface area contributed by atoms with Crippen LogP contribution in [0.4, 0.5) is 0 Å². The van der Waals surface area contributed by atoms with Gasteiger partial charge in [0.05, 0.1) is 5.39 Å². The Morgan fingerprint density at radius 2 is 1.48 bits per heavy atom. The number of nitrogens with zero attached hydrogens (tertiary/aromatic N) is 4. The van der Waals surface area contributed by atoms with E-state index in [2.05, 4.69) is 75.3 Å². The van der Waals surface area contributed by atoms with Gasteiger partial charge < -0.3 is 0 Å². The first-order valence-electron chi connectivity index (χ1n) is 10.4. The number of hydrogen-bond donors (Lipinski definition) is 0. The fourth-order valence-electron chi connectivity index (χ4n) is 4.07. The lowest BCUT2D eigenvalue weighted by Crippen LogP contribution is -1.98. The van der Waals surface area contributed by atoms with E-state index in [0.717, 1.165) is 38.7 Å². The Kier molecular flexibility index (Phi) is 5.18. The average Bonchev–Trinajstić information content (AvgIpc) is 3.52. The molecule has 154 valence electrons. The Morgan fingerprint density at radius 3 is 2.19 bits per heavy atom. The van der Waals surface area contributed by atoms with Gasteiger partial charge in [-0.3, -0.25) is 0 Å². The average molecular weight is 461 g/mol. The summed E-state index contributed by atoms with van der Waals surface area (Å²) in [5.74, 6) is 1.74. The van der Waals surface area contributed by atoms with Crippen LogP contribution in [0.25, 0.3) is 15.9 Å². The quantitative estimate of drug-likeness (QED) is 0.216. The number of aromatic nitrogens is 4. The van der Waals surface area contributed by atoms with Crippen molar-refractivity contribution < 1.29 is 0 Å². The van der Waals surface area contributed by atoms with E-state index < -0.39 is 0 Å². The Balaban J connectivity index is 1.43. The lowest BCUT2D eigenvalue weighted by atomic mass is 10.2. The molecule has 0 N–H and O–H groups in total. The maximum absolute atomic E-state index is 5.12. The summed E-state index contributed by atoms with van der Waals surface area (Å²) in [6.45, 7) is 0. The molecule has 0 unspecified atom stereocenters. The molecule has 0 saturated heterocycles. The third-order valence-corrected chi connectivity index (χ3v) is 8.77. The minimum Gasteiger partial charge on any atom is -0.247 e. The van der Waals surface area contributed by atoms with Crippen molar-refractivity contribution in [3.63, 3.8) is 0 Å². The molecule has 3 aromatic heterocycles. The van der Waals surface area contributed by atoms with E-state index in [4.69, 9.17) is 4.98 Å². The van der Waals surface area contributed by atoms with Crippen LogP contribution in [0.1, 0.15) is 28.0 Å². The largest absolute Gasteiger partial charge is 0.247 e. The molecule has 7 heteroatoms. The zero-order chi connectivity index (χ0) is 20.6. The van der Waals surface area contributed by atoms with Gasteiger partial charge in [0.25, 0.3) is 0 Å². The van der Waals surface area contributed by atoms with Crippen LogP contribution in [0.15, 0.2) is 71.0 Å². The third kappa shape index (κ3) is 3.64. The molecular weight excluding hydrogens is 440 g/mol. The molecule has 0 radical (unpaired) electrons. The van der Waals surface area contributed by atoms with Crippen molar-refractivity contribution in [2.45, 2.75) is 41.1 Å². The zero-order valence-electron chi connectivity index (χ0n) is 16.8. The van der Waals surface area contributed by atoms with Gasteiger partial charge in [0.2, 0.25) is 0 Å². The second-order valence-electron chi connectivity index (χ2n) is 7.62. The molecule has 31 heavy (non-hydrogen) atoms. The van der Waals surface area contributed by atoms with Crippen molar-refractivity contribution in [1.29, 1.82) is 0 Å². The molecule has 2 aromatic carbocycles. The molecule has 1 aliphatic rings. The number of benzene rings is 2. The number of thiophene rings is 1. The van der Waals surface area contributed by atoms with E-state index >= 15 is 0 Å². The summed E-state index contributed by atoms with van der Waals surface area (Å²) in [6.07, 6.45) is 3.53. The van der Waals surface area contributed by atoms with Gasteiger partial charge in [-0.2, -0.15) is 0 Å². The Morgan fingerprint density at radius 1 is 0.806 bits per heavy atom. The zero-order valence-corrected chi connectivity index (χ0v) is 19.3. The highest BCUT2D eigenvalue weighted by atomic mass is 32.2. The molecule has 6 rings (SSSR count). The first-order chi connectivity index (χ1) is 15.4. The highest BCUT2D eigenvalue weighted by molar-refractivity contribution is 7.99. The van der Waals surface area contributed by atoms with Crippen LogP contribution >= 0.6 is 34.9 Å². The predicted octanol–water partition coefficient (Wildman–Crippen LogP) is 6.41. The first kappa shape index (κ1) is 19.3. The molecule has 0 saturated carbocycles. The third-order valence-electron chi connectivity index (χ3n) is 5.57. The van der Waals surface area contributed by atoms with Crippen molar-refractivity contribution in [2.75, 3.05) is 0 Å². The van der Waals surface area contributed by atoms with E-state index in [-0.39, 0.29) is 0 Å². The van der Waals surface area contributed by atoms with E-state index in [9.17, 15) is 0 Å². The molecule has 3 heterocycles. The van der Waals surface area contributed by atoms with Crippen molar-refractivity contribution in [1.82, 2.24) is 19.6 Å². The smallest absolute Gasteiger partial charge is 0.198 e. The minimum atomic E-state index is 0.865. The van der Waals surface area contributed by atoms with Gasteiger partial charge in [-0.1, -0.05) is 84.2 Å². The van der Waals surface area contributed by atoms with E-state index in [1.807, 2.05) is 11.3 Å². The molecule has 0 atom stereocenters. The Hall–Kier alpha value is -2.35. The second kappa shape index (κ2) is 8.30. The molecular formula is C24H20N4S3. The first-order valence-corrected chi connectivity index (χ1v) is 13.2. The van der Waals surface area contributed by atoms with Crippen molar-refractivity contribution in [2.24, 2.45) is 0 Å². The SMILES string of the molecule is c1ccc(CSc2nnc3c4c5c(sc4nc(SCc4ccccc4)n23)CCC5)cc1. The summed E-state index contributed by atoms with van der Waals surface area (Å²) in [5, 5.41) is 12.4. The summed E-state index contributed by atoms with van der Waals surface area (Å²) in [7, 11) is 0. The number of aryl methyl sites for hydroxylation is 2. The topological polar surface area (TPSA) is 43.1 Å². The van der Waals surface area contributed by atoms with Crippen molar-refractivity contribution in [3.05, 3.63) is 82.2 Å². The van der Waals surface area contributed by atoms with Gasteiger partial charge in [0.1, 0.15) is 4.83 Å². The highest BCUT2D eigenvalue weighted by Gasteiger charge is 2.24. The van der Waals surface area contributed by atoms with Crippen LogP contribution in [0.5, 0.6) is 0 Å². The summed E-state index contributed by atoms with van der Waals surface area (Å²) in [5.41, 5.74) is 5.00. The number of thioether (sulfide) groups is 2. The molecule has 4 nitrogen and oxygen atoms in total. The molecule has 5 aromatic rings. The van der Waals surface area contributed by atoms with E-state index in [1.54, 1.807) is 23.5 Å². The molecule has 0 bridgehead atoms. The summed E-state index contributed by atoms with van der Waals surface area (Å²) in [6, 6.07) is 21.1. The Bertz CT molecular complexity index is 1360. The lowest BCUT2D eigenvalue weighted by Gasteiger charge is -2.08. The maximum Gasteiger partial charge on any atom is 0.198 e. The van der Waals surface area contributed by atoms with E-state index in [1.165, 1.54) is 39.8 Å². The minimum absolute atomic E-state index is 0.865. The normalized spacial score (nSPS) is 13.3. The molecule has 0 amide bonds. The van der Waals surface area contributed by atoms with Crippen molar-refractivity contribution >= 4 is 50.7 Å². The van der Waals surface area contributed by atoms with Gasteiger partial charge in [-0.05, 0) is 36.0 Å². The van der Waals surface area contributed by atoms with Crippen molar-refractivity contribution in [3.8, 4) is 0 Å². The van der Waals surface area contributed by atoms with E-state index in [0.29, 0.717) is 0 Å². The number of fused-ring (bicyclic) bond motifs is 5. The monoisotopic (exact) mass is 460 g/mol. The van der Waals surface area contributed by atoms with Gasteiger partial charge in [-0.25, -0.2) is 9.38 Å². The van der Waals surface area contributed by atoms with Crippen LogP contribution in [0.3, 0.4) is 0 Å². The maximum atomic E-state index is 5.12. The fourth-order valence-corrected chi connectivity index (χ4v) is 7.28. The van der Waals surface area contributed by atoms with Gasteiger partial charge >= 0.3 is 0 Å². The molecule has 0 spiro atoms. The number of hydrogen-bond acceptors (Lipinski definition) is 6. The number of rotatable bonds is 6. The summed E-state index contributed by atoms with van der Waals surface area (Å²) in [4.78, 5) is 7.71. The second-order valence-corrected chi connectivity index (χ2v) is 10.6. The predicted molar refractivity (Wildman–Crippen MR) is 130 cm³/mol. The van der Waals surface area contributed by atoms with Crippen LogP contribution in [0, 0.1) is 0 Å². The summed E-state index contributed by atoms with van der Waals surface area (Å²) < 4.78 is 2.19. The Labute approximate surface area is 193 Å². The molecule has 1 aliphatic carbocycles. The van der Waals surface area contributed by atoms with Crippen LogP contribution < -0.4 is 0 Å². The molecule has 0 aliphatic heterocycles.